The van der Waals surface area contributed by atoms with Gasteiger partial charge in [0.2, 0.25) is 5.91 Å². The molecule has 0 atom stereocenters. The fourth-order valence-electron chi connectivity index (χ4n) is 4.35. The molecule has 4 rings (SSSR count). The number of ether oxygens (including phenoxy) is 1. The van der Waals surface area contributed by atoms with Gasteiger partial charge in [-0.15, -0.1) is 0 Å². The van der Waals surface area contributed by atoms with Gasteiger partial charge >= 0.3 is 0 Å². The summed E-state index contributed by atoms with van der Waals surface area (Å²) in [5.74, 6) is 0.421. The molecule has 1 spiro atoms. The van der Waals surface area contributed by atoms with E-state index in [0.717, 1.165) is 5.56 Å². The Kier molecular flexibility index (Phi) is 6.26. The molecule has 0 bridgehead atoms. The summed E-state index contributed by atoms with van der Waals surface area (Å²) in [5.41, 5.74) is 2.70. The highest BCUT2D eigenvalue weighted by Gasteiger charge is 2.42. The Morgan fingerprint density at radius 2 is 1.79 bits per heavy atom. The first-order chi connectivity index (χ1) is 15.7. The van der Waals surface area contributed by atoms with E-state index in [1.54, 1.807) is 7.11 Å². The monoisotopic (exact) mass is 448 g/mol. The van der Waals surface area contributed by atoms with Gasteiger partial charge in [-0.1, -0.05) is 57.2 Å². The standard InChI is InChI=1S/C26H32N4O3/c1-25(2,3)19-11-9-18(10-12-19)23-24(32)29-26(28-23)13-15-30(16-14-26)17-22(31)27-20-7-5-6-8-21(20)33-4/h5-12H,13-17H2,1-4H3,(H,27,31)(H,29,32). The highest BCUT2D eigenvalue weighted by atomic mass is 16.5. The molecule has 1 fully saturated rings. The number of hydrogen-bond acceptors (Lipinski definition) is 5. The summed E-state index contributed by atoms with van der Waals surface area (Å²) in [5, 5.41) is 6.02. The number of likely N-dealkylation sites (tertiary alicyclic amines) is 1. The molecule has 0 saturated carbocycles. The van der Waals surface area contributed by atoms with Gasteiger partial charge in [-0.25, -0.2) is 0 Å². The summed E-state index contributed by atoms with van der Waals surface area (Å²) in [6.45, 7) is 8.15. The Labute approximate surface area is 195 Å². The number of anilines is 1. The summed E-state index contributed by atoms with van der Waals surface area (Å²) >= 11 is 0. The molecule has 2 amide bonds. The number of aliphatic imine (C=N–C) groups is 1. The normalized spacial score (nSPS) is 18.1. The summed E-state index contributed by atoms with van der Waals surface area (Å²) in [6.07, 6.45) is 1.34. The van der Waals surface area contributed by atoms with Gasteiger partial charge in [-0.05, 0) is 23.1 Å². The molecule has 0 unspecified atom stereocenters. The van der Waals surface area contributed by atoms with E-state index in [2.05, 4.69) is 48.4 Å². The second-order valence-electron chi connectivity index (χ2n) is 9.80. The Morgan fingerprint density at radius 3 is 2.42 bits per heavy atom. The van der Waals surface area contributed by atoms with Crippen LogP contribution in [0.4, 0.5) is 5.69 Å². The molecular weight excluding hydrogens is 416 g/mol. The molecule has 2 aliphatic rings. The van der Waals surface area contributed by atoms with E-state index in [0.29, 0.717) is 43.1 Å². The second kappa shape index (κ2) is 8.98. The largest absolute Gasteiger partial charge is 0.495 e. The first-order valence-electron chi connectivity index (χ1n) is 11.4. The van der Waals surface area contributed by atoms with E-state index in [4.69, 9.17) is 9.73 Å². The maximum atomic E-state index is 12.7. The molecule has 0 aromatic heterocycles. The molecule has 174 valence electrons. The van der Waals surface area contributed by atoms with Crippen molar-refractivity contribution in [3.05, 3.63) is 59.7 Å². The van der Waals surface area contributed by atoms with Crippen molar-refractivity contribution in [1.82, 2.24) is 10.2 Å². The van der Waals surface area contributed by atoms with Gasteiger partial charge in [0.05, 0.1) is 19.3 Å². The first-order valence-corrected chi connectivity index (χ1v) is 11.4. The number of nitrogens with one attached hydrogen (secondary N) is 2. The minimum Gasteiger partial charge on any atom is -0.495 e. The molecule has 7 heteroatoms. The van der Waals surface area contributed by atoms with Gasteiger partial charge in [0.15, 0.2) is 0 Å². The number of nitrogens with zero attached hydrogens (tertiary/aromatic N) is 2. The molecule has 7 nitrogen and oxygen atoms in total. The third-order valence-electron chi connectivity index (χ3n) is 6.34. The Bertz CT molecular complexity index is 1060. The van der Waals surface area contributed by atoms with Crippen LogP contribution in [0.1, 0.15) is 44.7 Å². The van der Waals surface area contributed by atoms with Crippen LogP contribution in [0.3, 0.4) is 0 Å². The lowest BCUT2D eigenvalue weighted by atomic mass is 9.86. The van der Waals surface area contributed by atoms with Crippen LogP contribution >= 0.6 is 0 Å². The molecule has 1 saturated heterocycles. The van der Waals surface area contributed by atoms with Crippen molar-refractivity contribution in [3.8, 4) is 5.75 Å². The van der Waals surface area contributed by atoms with Crippen molar-refractivity contribution in [1.29, 1.82) is 0 Å². The van der Waals surface area contributed by atoms with Crippen LogP contribution in [-0.2, 0) is 15.0 Å². The van der Waals surface area contributed by atoms with Crippen molar-refractivity contribution < 1.29 is 14.3 Å². The van der Waals surface area contributed by atoms with E-state index < -0.39 is 5.66 Å². The number of methoxy groups -OCH3 is 1. The van der Waals surface area contributed by atoms with E-state index >= 15 is 0 Å². The van der Waals surface area contributed by atoms with Crippen molar-refractivity contribution in [2.45, 2.75) is 44.7 Å². The maximum absolute atomic E-state index is 12.7. The fourth-order valence-corrected chi connectivity index (χ4v) is 4.35. The predicted octanol–water partition coefficient (Wildman–Crippen LogP) is 3.34. The second-order valence-corrected chi connectivity index (χ2v) is 9.80. The van der Waals surface area contributed by atoms with Crippen molar-refractivity contribution in [2.24, 2.45) is 4.99 Å². The SMILES string of the molecule is COc1ccccc1NC(=O)CN1CCC2(CC1)N=C(c1ccc(C(C)(C)C)cc1)C(=O)N2. The summed E-state index contributed by atoms with van der Waals surface area (Å²) in [4.78, 5) is 32.2. The molecule has 2 aromatic rings. The number of carbonyl (C=O) groups is 2. The van der Waals surface area contributed by atoms with Crippen molar-refractivity contribution in [3.63, 3.8) is 0 Å². The van der Waals surface area contributed by atoms with E-state index in [1.807, 2.05) is 36.4 Å². The summed E-state index contributed by atoms with van der Waals surface area (Å²) in [6, 6.07) is 15.5. The maximum Gasteiger partial charge on any atom is 0.272 e. The number of para-hydroxylation sites is 2. The molecule has 0 aliphatic carbocycles. The average molecular weight is 449 g/mol. The van der Waals surface area contributed by atoms with Crippen LogP contribution in [0, 0.1) is 0 Å². The lowest BCUT2D eigenvalue weighted by molar-refractivity contribution is -0.119. The zero-order chi connectivity index (χ0) is 23.6. The van der Waals surface area contributed by atoms with Crippen LogP contribution in [-0.4, -0.2) is 54.8 Å². The molecule has 2 aliphatic heterocycles. The highest BCUT2D eigenvalue weighted by molar-refractivity contribution is 6.46. The van der Waals surface area contributed by atoms with Gasteiger partial charge in [0.25, 0.3) is 5.91 Å². The lowest BCUT2D eigenvalue weighted by Crippen LogP contribution is -2.52. The van der Waals surface area contributed by atoms with Crippen LogP contribution in [0.25, 0.3) is 0 Å². The number of piperidine rings is 1. The fraction of sp³-hybridized carbons (Fsp3) is 0.423. The molecule has 2 aromatic carbocycles. The van der Waals surface area contributed by atoms with Crippen molar-refractivity contribution >= 4 is 23.2 Å². The van der Waals surface area contributed by atoms with Gasteiger partial charge < -0.3 is 15.4 Å². The topological polar surface area (TPSA) is 83.0 Å². The highest BCUT2D eigenvalue weighted by Crippen LogP contribution is 2.30. The van der Waals surface area contributed by atoms with E-state index in [9.17, 15) is 9.59 Å². The van der Waals surface area contributed by atoms with E-state index in [-0.39, 0.29) is 23.8 Å². The van der Waals surface area contributed by atoms with Crippen LogP contribution in [0.5, 0.6) is 5.75 Å². The Morgan fingerprint density at radius 1 is 1.12 bits per heavy atom. The van der Waals surface area contributed by atoms with Crippen molar-refractivity contribution in [2.75, 3.05) is 32.1 Å². The predicted molar refractivity (Wildman–Crippen MR) is 130 cm³/mol. The summed E-state index contributed by atoms with van der Waals surface area (Å²) in [7, 11) is 1.58. The average Bonchev–Trinajstić information content (AvgIpc) is 3.11. The third kappa shape index (κ3) is 5.09. The van der Waals surface area contributed by atoms with Gasteiger partial charge in [0, 0.05) is 31.5 Å². The van der Waals surface area contributed by atoms with Gasteiger partial charge in [-0.2, -0.15) is 0 Å². The Hall–Kier alpha value is -3.19. The molecular formula is C26H32N4O3. The summed E-state index contributed by atoms with van der Waals surface area (Å²) < 4.78 is 5.30. The Balaban J connectivity index is 1.37. The minimum atomic E-state index is -0.579. The number of hydrogen-bond donors (Lipinski definition) is 2. The van der Waals surface area contributed by atoms with Crippen LogP contribution in [0.15, 0.2) is 53.5 Å². The molecule has 2 heterocycles. The quantitative estimate of drug-likeness (QED) is 0.735. The number of benzene rings is 2. The zero-order valence-corrected chi connectivity index (χ0v) is 19.8. The number of amides is 2. The van der Waals surface area contributed by atoms with E-state index in [1.165, 1.54) is 5.56 Å². The van der Waals surface area contributed by atoms with Gasteiger partial charge in [-0.3, -0.25) is 19.5 Å². The first kappa shape index (κ1) is 23.0. The number of rotatable bonds is 5. The van der Waals surface area contributed by atoms with Gasteiger partial charge in [0.1, 0.15) is 17.1 Å². The van der Waals surface area contributed by atoms with Crippen LogP contribution < -0.4 is 15.4 Å². The third-order valence-corrected chi connectivity index (χ3v) is 6.34. The zero-order valence-electron chi connectivity index (χ0n) is 19.8. The lowest BCUT2D eigenvalue weighted by Gasteiger charge is -2.36. The molecule has 33 heavy (non-hydrogen) atoms. The minimum absolute atomic E-state index is 0.0598. The number of carbonyl (C=O) groups excluding carboxylic acids is 2. The van der Waals surface area contributed by atoms with Crippen LogP contribution in [0.2, 0.25) is 0 Å². The molecule has 0 radical (unpaired) electrons. The smallest absolute Gasteiger partial charge is 0.272 e. The molecule has 2 N–H and O–H groups in total.